The Kier molecular flexibility index (Phi) is 5.44. The molecule has 0 radical (unpaired) electrons. The molecule has 1 aromatic heterocycles. The van der Waals surface area contributed by atoms with E-state index in [9.17, 15) is 4.79 Å². The Balaban J connectivity index is 1.64. The highest BCUT2D eigenvalue weighted by atomic mass is 32.1. The van der Waals surface area contributed by atoms with Crippen molar-refractivity contribution >= 4 is 22.4 Å². The zero-order chi connectivity index (χ0) is 16.9. The van der Waals surface area contributed by atoms with Crippen molar-refractivity contribution in [3.05, 3.63) is 41.4 Å². The molecule has 6 nitrogen and oxygen atoms in total. The molecule has 0 spiro atoms. The number of aromatic nitrogens is 1. The van der Waals surface area contributed by atoms with Crippen molar-refractivity contribution in [2.45, 2.75) is 19.1 Å². The summed E-state index contributed by atoms with van der Waals surface area (Å²) in [5.74, 6) is 0.763. The number of ether oxygens (including phenoxy) is 2. The molecule has 1 fully saturated rings. The Bertz CT molecular complexity index is 677. The summed E-state index contributed by atoms with van der Waals surface area (Å²) in [6.07, 6.45) is 1.61. The number of methoxy groups -OCH3 is 1. The van der Waals surface area contributed by atoms with Crippen LogP contribution in [0.2, 0.25) is 0 Å². The topological polar surface area (TPSA) is 63.7 Å². The molecule has 0 aliphatic carbocycles. The van der Waals surface area contributed by atoms with Gasteiger partial charge >= 0.3 is 0 Å². The van der Waals surface area contributed by atoms with Crippen LogP contribution < -0.4 is 10.1 Å². The van der Waals surface area contributed by atoms with Gasteiger partial charge in [0.1, 0.15) is 5.75 Å². The monoisotopic (exact) mass is 347 g/mol. The van der Waals surface area contributed by atoms with E-state index in [0.29, 0.717) is 18.3 Å². The summed E-state index contributed by atoms with van der Waals surface area (Å²) >= 11 is 1.42. The summed E-state index contributed by atoms with van der Waals surface area (Å²) in [4.78, 5) is 18.6. The van der Waals surface area contributed by atoms with Crippen LogP contribution in [0.3, 0.4) is 0 Å². The molecule has 2 aromatic rings. The third-order valence-electron chi connectivity index (χ3n) is 4.15. The smallest absolute Gasteiger partial charge is 0.243 e. The summed E-state index contributed by atoms with van der Waals surface area (Å²) in [6.45, 7) is 3.90. The third-order valence-corrected chi connectivity index (χ3v) is 4.84. The van der Waals surface area contributed by atoms with Gasteiger partial charge in [0.2, 0.25) is 5.91 Å². The lowest BCUT2D eigenvalue weighted by molar-refractivity contribution is -0.124. The maximum atomic E-state index is 12.4. The van der Waals surface area contributed by atoms with Crippen LogP contribution in [0.1, 0.15) is 18.6 Å². The van der Waals surface area contributed by atoms with Gasteiger partial charge in [-0.1, -0.05) is 12.1 Å². The van der Waals surface area contributed by atoms with Crippen LogP contribution >= 0.6 is 11.3 Å². The largest absolute Gasteiger partial charge is 0.497 e. The zero-order valence-corrected chi connectivity index (χ0v) is 14.6. The second-order valence-electron chi connectivity index (χ2n) is 5.63. The van der Waals surface area contributed by atoms with Crippen molar-refractivity contribution in [3.8, 4) is 5.75 Å². The van der Waals surface area contributed by atoms with Gasteiger partial charge in [0, 0.05) is 24.7 Å². The number of anilines is 1. The Morgan fingerprint density at radius 2 is 2.42 bits per heavy atom. The number of rotatable bonds is 5. The Morgan fingerprint density at radius 1 is 1.54 bits per heavy atom. The molecular weight excluding hydrogens is 326 g/mol. The van der Waals surface area contributed by atoms with E-state index in [2.05, 4.69) is 15.2 Å². The molecule has 2 heterocycles. The van der Waals surface area contributed by atoms with Crippen LogP contribution in [0.5, 0.6) is 5.75 Å². The predicted octanol–water partition coefficient (Wildman–Crippen LogP) is 2.55. The van der Waals surface area contributed by atoms with E-state index in [1.54, 1.807) is 13.3 Å². The molecule has 128 valence electrons. The number of carbonyl (C=O) groups is 1. The summed E-state index contributed by atoms with van der Waals surface area (Å²) in [5.41, 5.74) is 1.06. The fourth-order valence-corrected chi connectivity index (χ4v) is 3.26. The number of hydrogen-bond acceptors (Lipinski definition) is 6. The molecule has 1 aliphatic rings. The van der Waals surface area contributed by atoms with Crippen molar-refractivity contribution in [2.24, 2.45) is 0 Å². The molecule has 2 atom stereocenters. The Morgan fingerprint density at radius 3 is 3.17 bits per heavy atom. The van der Waals surface area contributed by atoms with Crippen LogP contribution in [0.4, 0.5) is 5.13 Å². The second kappa shape index (κ2) is 7.74. The minimum Gasteiger partial charge on any atom is -0.497 e. The third kappa shape index (κ3) is 3.92. The van der Waals surface area contributed by atoms with Crippen LogP contribution in [0.25, 0.3) is 0 Å². The van der Waals surface area contributed by atoms with Gasteiger partial charge in [-0.05, 0) is 24.6 Å². The molecule has 2 unspecified atom stereocenters. The fraction of sp³-hybridized carbons (Fsp3) is 0.412. The molecule has 24 heavy (non-hydrogen) atoms. The fourth-order valence-electron chi connectivity index (χ4n) is 2.73. The highest BCUT2D eigenvalue weighted by molar-refractivity contribution is 7.13. The lowest BCUT2D eigenvalue weighted by atomic mass is 10.1. The van der Waals surface area contributed by atoms with Gasteiger partial charge in [-0.2, -0.15) is 0 Å². The number of amides is 1. The van der Waals surface area contributed by atoms with E-state index in [-0.39, 0.29) is 18.1 Å². The van der Waals surface area contributed by atoms with E-state index in [0.717, 1.165) is 17.9 Å². The lowest BCUT2D eigenvalue weighted by Gasteiger charge is -2.36. The molecule has 0 saturated carbocycles. The van der Waals surface area contributed by atoms with Crippen LogP contribution in [-0.4, -0.2) is 48.6 Å². The molecular formula is C17H21N3O3S. The molecule has 1 aromatic carbocycles. The summed E-state index contributed by atoms with van der Waals surface area (Å²) in [6, 6.07) is 7.63. The van der Waals surface area contributed by atoms with E-state index in [1.807, 2.05) is 36.6 Å². The SMILES string of the molecule is COc1cccc(C2CN(C(C)C(=O)Nc3nccs3)CCO2)c1. The molecule has 1 amide bonds. The van der Waals surface area contributed by atoms with Crippen molar-refractivity contribution in [1.82, 2.24) is 9.88 Å². The van der Waals surface area contributed by atoms with Gasteiger partial charge in [0.05, 0.1) is 25.9 Å². The predicted molar refractivity (Wildman–Crippen MR) is 93.5 cm³/mol. The molecule has 1 N–H and O–H groups in total. The highest BCUT2D eigenvalue weighted by Gasteiger charge is 2.29. The Hall–Kier alpha value is -1.96. The maximum absolute atomic E-state index is 12.4. The number of thiazole rings is 1. The van der Waals surface area contributed by atoms with Gasteiger partial charge in [-0.3, -0.25) is 9.69 Å². The van der Waals surface area contributed by atoms with E-state index in [4.69, 9.17) is 9.47 Å². The van der Waals surface area contributed by atoms with Gasteiger partial charge in [0.25, 0.3) is 0 Å². The van der Waals surface area contributed by atoms with E-state index >= 15 is 0 Å². The normalized spacial score (nSPS) is 19.7. The molecule has 1 saturated heterocycles. The van der Waals surface area contributed by atoms with E-state index in [1.165, 1.54) is 11.3 Å². The number of hydrogen-bond donors (Lipinski definition) is 1. The van der Waals surface area contributed by atoms with Gasteiger partial charge in [-0.15, -0.1) is 11.3 Å². The minimum absolute atomic E-state index is 0.0451. The first-order valence-corrected chi connectivity index (χ1v) is 8.75. The molecule has 0 bridgehead atoms. The van der Waals surface area contributed by atoms with Crippen molar-refractivity contribution in [3.63, 3.8) is 0 Å². The highest BCUT2D eigenvalue weighted by Crippen LogP contribution is 2.26. The number of morpholine rings is 1. The Labute approximate surface area is 145 Å². The van der Waals surface area contributed by atoms with Gasteiger partial charge in [-0.25, -0.2) is 4.98 Å². The van der Waals surface area contributed by atoms with Gasteiger partial charge in [0.15, 0.2) is 5.13 Å². The average molecular weight is 347 g/mol. The number of benzene rings is 1. The van der Waals surface area contributed by atoms with Crippen molar-refractivity contribution < 1.29 is 14.3 Å². The first-order valence-electron chi connectivity index (χ1n) is 7.87. The average Bonchev–Trinajstić information content (AvgIpc) is 3.14. The maximum Gasteiger partial charge on any atom is 0.243 e. The quantitative estimate of drug-likeness (QED) is 0.900. The first kappa shape index (κ1) is 16.9. The van der Waals surface area contributed by atoms with Crippen molar-refractivity contribution in [1.29, 1.82) is 0 Å². The number of nitrogens with one attached hydrogen (secondary N) is 1. The number of nitrogens with zero attached hydrogens (tertiary/aromatic N) is 2. The lowest BCUT2D eigenvalue weighted by Crippen LogP contribution is -2.48. The molecule has 3 rings (SSSR count). The van der Waals surface area contributed by atoms with Crippen LogP contribution in [0.15, 0.2) is 35.8 Å². The van der Waals surface area contributed by atoms with Gasteiger partial charge < -0.3 is 14.8 Å². The van der Waals surface area contributed by atoms with Crippen LogP contribution in [-0.2, 0) is 9.53 Å². The van der Waals surface area contributed by atoms with E-state index < -0.39 is 0 Å². The summed E-state index contributed by atoms with van der Waals surface area (Å²) < 4.78 is 11.2. The molecule has 7 heteroatoms. The zero-order valence-electron chi connectivity index (χ0n) is 13.8. The summed E-state index contributed by atoms with van der Waals surface area (Å²) in [5, 5.41) is 5.33. The van der Waals surface area contributed by atoms with Crippen LogP contribution in [0, 0.1) is 0 Å². The minimum atomic E-state index is -0.245. The standard InChI is InChI=1S/C17H21N3O3S/c1-12(16(21)19-17-18-6-9-24-17)20-7-8-23-15(11-20)13-4-3-5-14(10-13)22-2/h3-6,9-10,12,15H,7-8,11H2,1-2H3,(H,18,19,21). The number of carbonyl (C=O) groups excluding carboxylic acids is 1. The second-order valence-corrected chi connectivity index (χ2v) is 6.53. The first-order chi connectivity index (χ1) is 11.7. The molecule has 1 aliphatic heterocycles. The van der Waals surface area contributed by atoms with Crippen molar-refractivity contribution in [2.75, 3.05) is 32.1 Å². The summed E-state index contributed by atoms with van der Waals surface area (Å²) in [7, 11) is 1.65.